The van der Waals surface area contributed by atoms with E-state index in [2.05, 4.69) is 31.6 Å². The second kappa shape index (κ2) is 5.01. The lowest BCUT2D eigenvalue weighted by atomic mass is 10.0. The Morgan fingerprint density at radius 3 is 2.44 bits per heavy atom. The smallest absolute Gasteiger partial charge is 0.325 e. The zero-order valence-electron chi connectivity index (χ0n) is 10.6. The molecule has 0 N–H and O–H groups in total. The summed E-state index contributed by atoms with van der Waals surface area (Å²) in [6.07, 6.45) is 0. The van der Waals surface area contributed by atoms with Gasteiger partial charge in [-0.15, -0.1) is 0 Å². The van der Waals surface area contributed by atoms with Gasteiger partial charge in [-0.25, -0.2) is 0 Å². The third-order valence-electron chi connectivity index (χ3n) is 3.03. The molecule has 0 amide bonds. The van der Waals surface area contributed by atoms with Crippen molar-refractivity contribution in [2.24, 2.45) is 0 Å². The van der Waals surface area contributed by atoms with E-state index in [4.69, 9.17) is 0 Å². The van der Waals surface area contributed by atoms with Crippen LogP contribution in [0.4, 0.5) is 5.69 Å². The Hall–Kier alpha value is -1.51. The van der Waals surface area contributed by atoms with Gasteiger partial charge < -0.3 is 9.64 Å². The first-order valence-corrected chi connectivity index (χ1v) is 5.32. The molecule has 1 aromatic rings. The van der Waals surface area contributed by atoms with Crippen LogP contribution in [0.15, 0.2) is 12.1 Å². The average molecular weight is 221 g/mol. The number of hydrogen-bond donors (Lipinski definition) is 0. The highest BCUT2D eigenvalue weighted by Gasteiger charge is 2.11. The quantitative estimate of drug-likeness (QED) is 0.733. The van der Waals surface area contributed by atoms with Crippen LogP contribution in [-0.2, 0) is 9.53 Å². The highest BCUT2D eigenvalue weighted by atomic mass is 16.5. The Kier molecular flexibility index (Phi) is 3.93. The van der Waals surface area contributed by atoms with Crippen molar-refractivity contribution in [2.45, 2.75) is 20.8 Å². The van der Waals surface area contributed by atoms with Crippen molar-refractivity contribution in [3.05, 3.63) is 28.8 Å². The largest absolute Gasteiger partial charge is 0.468 e. The van der Waals surface area contributed by atoms with Crippen LogP contribution in [0.5, 0.6) is 0 Å². The Balaban J connectivity index is 2.96. The molecule has 0 fully saturated rings. The zero-order chi connectivity index (χ0) is 12.3. The first-order chi connectivity index (χ1) is 7.47. The minimum atomic E-state index is -0.222. The topological polar surface area (TPSA) is 29.5 Å². The van der Waals surface area contributed by atoms with Crippen molar-refractivity contribution in [3.8, 4) is 0 Å². The normalized spacial score (nSPS) is 10.1. The Morgan fingerprint density at radius 1 is 1.25 bits per heavy atom. The standard InChI is InChI=1S/C13H19NO2/c1-9-6-7-12(11(3)10(9)2)14(4)8-13(15)16-5/h6-7H,8H2,1-5H3. The summed E-state index contributed by atoms with van der Waals surface area (Å²) in [6.45, 7) is 6.54. The number of hydrogen-bond acceptors (Lipinski definition) is 3. The van der Waals surface area contributed by atoms with Crippen molar-refractivity contribution < 1.29 is 9.53 Å². The van der Waals surface area contributed by atoms with Crippen LogP contribution in [0.3, 0.4) is 0 Å². The minimum Gasteiger partial charge on any atom is -0.468 e. The van der Waals surface area contributed by atoms with Gasteiger partial charge in [0.15, 0.2) is 0 Å². The molecular weight excluding hydrogens is 202 g/mol. The number of esters is 1. The van der Waals surface area contributed by atoms with Crippen LogP contribution in [0.2, 0.25) is 0 Å². The lowest BCUT2D eigenvalue weighted by Crippen LogP contribution is -2.27. The van der Waals surface area contributed by atoms with Gasteiger partial charge in [0.25, 0.3) is 0 Å². The lowest BCUT2D eigenvalue weighted by Gasteiger charge is -2.21. The number of anilines is 1. The number of rotatable bonds is 3. The molecule has 0 heterocycles. The maximum Gasteiger partial charge on any atom is 0.325 e. The summed E-state index contributed by atoms with van der Waals surface area (Å²) in [5.74, 6) is -0.222. The number of aryl methyl sites for hydroxylation is 1. The SMILES string of the molecule is COC(=O)CN(C)c1ccc(C)c(C)c1C. The van der Waals surface area contributed by atoms with Gasteiger partial charge in [0.2, 0.25) is 0 Å². The molecule has 1 rings (SSSR count). The molecule has 0 aromatic heterocycles. The molecular formula is C13H19NO2. The molecule has 0 aliphatic carbocycles. The van der Waals surface area contributed by atoms with E-state index in [0.717, 1.165) is 5.69 Å². The van der Waals surface area contributed by atoms with Gasteiger partial charge in [0.05, 0.1) is 7.11 Å². The highest BCUT2D eigenvalue weighted by Crippen LogP contribution is 2.24. The number of ether oxygens (including phenoxy) is 1. The van der Waals surface area contributed by atoms with Gasteiger partial charge in [0, 0.05) is 12.7 Å². The van der Waals surface area contributed by atoms with E-state index in [9.17, 15) is 4.79 Å². The fourth-order valence-corrected chi connectivity index (χ4v) is 1.70. The maximum atomic E-state index is 11.2. The van der Waals surface area contributed by atoms with Crippen LogP contribution in [0.1, 0.15) is 16.7 Å². The molecule has 0 saturated heterocycles. The van der Waals surface area contributed by atoms with E-state index in [1.165, 1.54) is 23.8 Å². The van der Waals surface area contributed by atoms with E-state index in [1.54, 1.807) is 0 Å². The Morgan fingerprint density at radius 2 is 1.88 bits per heavy atom. The first kappa shape index (κ1) is 12.6. The molecule has 0 aliphatic heterocycles. The van der Waals surface area contributed by atoms with Crippen molar-refractivity contribution >= 4 is 11.7 Å². The molecule has 3 nitrogen and oxygen atoms in total. The summed E-state index contributed by atoms with van der Waals surface area (Å²) in [5.41, 5.74) is 4.84. The molecule has 16 heavy (non-hydrogen) atoms. The first-order valence-electron chi connectivity index (χ1n) is 5.32. The zero-order valence-corrected chi connectivity index (χ0v) is 10.6. The van der Waals surface area contributed by atoms with Gasteiger partial charge in [-0.05, 0) is 43.5 Å². The number of likely N-dealkylation sites (N-methyl/N-ethyl adjacent to an activating group) is 1. The summed E-state index contributed by atoms with van der Waals surface area (Å²) < 4.78 is 4.66. The number of benzene rings is 1. The van der Waals surface area contributed by atoms with Crippen LogP contribution < -0.4 is 4.90 Å². The Bertz CT molecular complexity index is 399. The molecule has 3 heteroatoms. The molecule has 1 aromatic carbocycles. The van der Waals surface area contributed by atoms with E-state index in [0.29, 0.717) is 0 Å². The fraction of sp³-hybridized carbons (Fsp3) is 0.462. The van der Waals surface area contributed by atoms with E-state index in [-0.39, 0.29) is 12.5 Å². The van der Waals surface area contributed by atoms with Gasteiger partial charge in [-0.1, -0.05) is 6.07 Å². The van der Waals surface area contributed by atoms with Crippen molar-refractivity contribution in [2.75, 3.05) is 25.6 Å². The van der Waals surface area contributed by atoms with Crippen LogP contribution in [-0.4, -0.2) is 26.7 Å². The predicted molar refractivity (Wildman–Crippen MR) is 65.9 cm³/mol. The monoisotopic (exact) mass is 221 g/mol. The summed E-state index contributed by atoms with van der Waals surface area (Å²) in [5, 5.41) is 0. The van der Waals surface area contributed by atoms with E-state index >= 15 is 0 Å². The Labute approximate surface area is 97.0 Å². The van der Waals surface area contributed by atoms with Crippen LogP contribution in [0, 0.1) is 20.8 Å². The van der Waals surface area contributed by atoms with Gasteiger partial charge in [-0.2, -0.15) is 0 Å². The molecule has 0 bridgehead atoms. The minimum absolute atomic E-state index is 0.222. The number of carbonyl (C=O) groups is 1. The second-order valence-corrected chi connectivity index (χ2v) is 4.08. The van der Waals surface area contributed by atoms with Crippen LogP contribution in [0.25, 0.3) is 0 Å². The lowest BCUT2D eigenvalue weighted by molar-refractivity contribution is -0.138. The van der Waals surface area contributed by atoms with Gasteiger partial charge in [0.1, 0.15) is 6.54 Å². The van der Waals surface area contributed by atoms with Crippen molar-refractivity contribution in [1.82, 2.24) is 0 Å². The highest BCUT2D eigenvalue weighted by molar-refractivity contribution is 5.76. The van der Waals surface area contributed by atoms with Gasteiger partial charge in [-0.3, -0.25) is 4.79 Å². The van der Waals surface area contributed by atoms with E-state index < -0.39 is 0 Å². The summed E-state index contributed by atoms with van der Waals surface area (Å²) in [4.78, 5) is 13.1. The van der Waals surface area contributed by atoms with Crippen molar-refractivity contribution in [1.29, 1.82) is 0 Å². The number of nitrogens with zero attached hydrogens (tertiary/aromatic N) is 1. The number of methoxy groups -OCH3 is 1. The summed E-state index contributed by atoms with van der Waals surface area (Å²) >= 11 is 0. The molecule has 0 aliphatic rings. The van der Waals surface area contributed by atoms with Gasteiger partial charge >= 0.3 is 5.97 Å². The molecule has 0 atom stereocenters. The second-order valence-electron chi connectivity index (χ2n) is 4.08. The molecule has 0 radical (unpaired) electrons. The molecule has 0 spiro atoms. The summed E-state index contributed by atoms with van der Waals surface area (Å²) in [7, 11) is 3.30. The van der Waals surface area contributed by atoms with E-state index in [1.807, 2.05) is 18.0 Å². The van der Waals surface area contributed by atoms with Crippen LogP contribution >= 0.6 is 0 Å². The van der Waals surface area contributed by atoms with Crippen molar-refractivity contribution in [3.63, 3.8) is 0 Å². The molecule has 0 saturated carbocycles. The third kappa shape index (κ3) is 2.54. The predicted octanol–water partition coefficient (Wildman–Crippen LogP) is 2.22. The number of carbonyl (C=O) groups excluding carboxylic acids is 1. The average Bonchev–Trinajstić information content (AvgIpc) is 2.25. The fourth-order valence-electron chi connectivity index (χ4n) is 1.70. The molecule has 0 unspecified atom stereocenters. The maximum absolute atomic E-state index is 11.2. The third-order valence-corrected chi connectivity index (χ3v) is 3.03. The summed E-state index contributed by atoms with van der Waals surface area (Å²) in [6, 6.07) is 4.12. The molecule has 88 valence electrons.